The molecule has 134 valence electrons. The van der Waals surface area contributed by atoms with Gasteiger partial charge in [-0.2, -0.15) is 0 Å². The normalized spacial score (nSPS) is 13.3. The van der Waals surface area contributed by atoms with Crippen LogP contribution in [0.15, 0.2) is 54.6 Å². The molecule has 2 aromatic rings. The van der Waals surface area contributed by atoms with Crippen molar-refractivity contribution in [1.82, 2.24) is 10.2 Å². The second-order valence-corrected chi connectivity index (χ2v) is 6.76. The van der Waals surface area contributed by atoms with E-state index in [0.717, 1.165) is 13.0 Å². The Hall–Kier alpha value is -2.04. The van der Waals surface area contributed by atoms with Gasteiger partial charge >= 0.3 is 0 Å². The molecule has 0 saturated carbocycles. The number of likely N-dealkylation sites (N-methyl/N-ethyl adjacent to an activating group) is 1. The third-order valence-electron chi connectivity index (χ3n) is 3.77. The van der Waals surface area contributed by atoms with Gasteiger partial charge in [0.25, 0.3) is 5.91 Å². The first-order valence-electron chi connectivity index (χ1n) is 8.36. The van der Waals surface area contributed by atoms with Gasteiger partial charge in [0.15, 0.2) is 6.10 Å². The monoisotopic (exact) mass is 360 g/mol. The van der Waals surface area contributed by atoms with E-state index in [1.54, 1.807) is 19.1 Å². The van der Waals surface area contributed by atoms with Crippen molar-refractivity contribution in [3.8, 4) is 5.75 Å². The number of nitrogens with one attached hydrogen (secondary N) is 1. The van der Waals surface area contributed by atoms with E-state index < -0.39 is 6.10 Å². The molecule has 0 fully saturated rings. The predicted octanol–water partition coefficient (Wildman–Crippen LogP) is 3.40. The molecule has 0 aliphatic heterocycles. The van der Waals surface area contributed by atoms with Crippen LogP contribution in [0.1, 0.15) is 12.5 Å². The summed E-state index contributed by atoms with van der Waals surface area (Å²) in [4.78, 5) is 14.6. The van der Waals surface area contributed by atoms with Crippen LogP contribution < -0.4 is 10.1 Å². The second-order valence-electron chi connectivity index (χ2n) is 6.35. The summed E-state index contributed by atoms with van der Waals surface area (Å²) in [5, 5.41) is 3.58. The maximum Gasteiger partial charge on any atom is 0.261 e. The molecule has 0 spiro atoms. The Morgan fingerprint density at radius 1 is 1.12 bits per heavy atom. The summed E-state index contributed by atoms with van der Waals surface area (Å²) in [6, 6.07) is 17.3. The third-order valence-corrected chi connectivity index (χ3v) is 4.08. The van der Waals surface area contributed by atoms with Crippen molar-refractivity contribution in [2.45, 2.75) is 25.5 Å². The van der Waals surface area contributed by atoms with E-state index in [-0.39, 0.29) is 11.9 Å². The summed E-state index contributed by atoms with van der Waals surface area (Å²) < 4.78 is 5.71. The first-order chi connectivity index (χ1) is 12.0. The average molecular weight is 361 g/mol. The molecule has 2 atom stereocenters. The summed E-state index contributed by atoms with van der Waals surface area (Å²) in [5.41, 5.74) is 1.19. The van der Waals surface area contributed by atoms with Gasteiger partial charge in [-0.1, -0.05) is 54.1 Å². The molecule has 0 radical (unpaired) electrons. The lowest BCUT2D eigenvalue weighted by Gasteiger charge is -2.24. The lowest BCUT2D eigenvalue weighted by Crippen LogP contribution is -2.47. The molecule has 0 saturated heterocycles. The van der Waals surface area contributed by atoms with Crippen molar-refractivity contribution >= 4 is 17.5 Å². The zero-order valence-electron chi connectivity index (χ0n) is 14.9. The van der Waals surface area contributed by atoms with Crippen molar-refractivity contribution in [2.24, 2.45) is 0 Å². The number of rotatable bonds is 8. The standard InChI is InChI=1S/C20H25ClN2O2/c1-15(25-19-12-8-7-11-18(19)21)20(24)22-17(14-23(2)3)13-16-9-5-4-6-10-16/h4-12,15,17H,13-14H2,1-3H3,(H,22,24). The first-order valence-corrected chi connectivity index (χ1v) is 8.73. The molecule has 2 rings (SSSR count). The Labute approximate surface area is 154 Å². The fourth-order valence-electron chi connectivity index (χ4n) is 2.60. The number of benzene rings is 2. The minimum absolute atomic E-state index is 0.00203. The molecule has 25 heavy (non-hydrogen) atoms. The Kier molecular flexibility index (Phi) is 7.29. The number of halogens is 1. The van der Waals surface area contributed by atoms with E-state index in [9.17, 15) is 4.79 Å². The summed E-state index contributed by atoms with van der Waals surface area (Å²) in [6.45, 7) is 2.48. The summed E-state index contributed by atoms with van der Waals surface area (Å²) in [7, 11) is 3.99. The largest absolute Gasteiger partial charge is 0.479 e. The van der Waals surface area contributed by atoms with Gasteiger partial charge in [-0.3, -0.25) is 4.79 Å². The maximum atomic E-state index is 12.5. The molecule has 0 aromatic heterocycles. The van der Waals surface area contributed by atoms with Gasteiger partial charge in [-0.25, -0.2) is 0 Å². The van der Waals surface area contributed by atoms with Crippen LogP contribution in [0.2, 0.25) is 5.02 Å². The van der Waals surface area contributed by atoms with Gasteiger partial charge in [0, 0.05) is 12.6 Å². The van der Waals surface area contributed by atoms with Crippen LogP contribution in [0.4, 0.5) is 0 Å². The number of hydrogen-bond donors (Lipinski definition) is 1. The molecule has 1 N–H and O–H groups in total. The van der Waals surface area contributed by atoms with Crippen molar-refractivity contribution < 1.29 is 9.53 Å². The minimum atomic E-state index is -0.625. The van der Waals surface area contributed by atoms with E-state index in [4.69, 9.17) is 16.3 Å². The van der Waals surface area contributed by atoms with Crippen LogP contribution in [0.5, 0.6) is 5.75 Å². The molecule has 2 unspecified atom stereocenters. The molecule has 0 bridgehead atoms. The quantitative estimate of drug-likeness (QED) is 0.784. The SMILES string of the molecule is CC(Oc1ccccc1Cl)C(=O)NC(Cc1ccccc1)CN(C)C. The third kappa shape index (κ3) is 6.40. The highest BCUT2D eigenvalue weighted by Gasteiger charge is 2.20. The fourth-order valence-corrected chi connectivity index (χ4v) is 2.78. The van der Waals surface area contributed by atoms with Crippen molar-refractivity contribution in [3.05, 3.63) is 65.2 Å². The molecule has 2 aromatic carbocycles. The molecule has 0 aliphatic rings. The van der Waals surface area contributed by atoms with Gasteiger partial charge in [-0.15, -0.1) is 0 Å². The number of amides is 1. The Balaban J connectivity index is 1.99. The van der Waals surface area contributed by atoms with E-state index >= 15 is 0 Å². The molecule has 5 heteroatoms. The van der Waals surface area contributed by atoms with Gasteiger partial charge in [0.2, 0.25) is 0 Å². The van der Waals surface area contributed by atoms with Crippen molar-refractivity contribution in [1.29, 1.82) is 0 Å². The highest BCUT2D eigenvalue weighted by atomic mass is 35.5. The molecular weight excluding hydrogens is 336 g/mol. The number of hydrogen-bond acceptors (Lipinski definition) is 3. The van der Waals surface area contributed by atoms with Crippen LogP contribution in [-0.2, 0) is 11.2 Å². The molecule has 0 aliphatic carbocycles. The van der Waals surface area contributed by atoms with Crippen LogP contribution in [0.3, 0.4) is 0 Å². The molecular formula is C20H25ClN2O2. The van der Waals surface area contributed by atoms with Crippen LogP contribution >= 0.6 is 11.6 Å². The zero-order valence-corrected chi connectivity index (χ0v) is 15.7. The number of ether oxygens (including phenoxy) is 1. The van der Waals surface area contributed by atoms with Gasteiger partial charge in [0.05, 0.1) is 5.02 Å². The minimum Gasteiger partial charge on any atom is -0.479 e. The zero-order chi connectivity index (χ0) is 18.2. The smallest absolute Gasteiger partial charge is 0.261 e. The number of carbonyl (C=O) groups is 1. The Morgan fingerprint density at radius 2 is 1.76 bits per heavy atom. The molecule has 4 nitrogen and oxygen atoms in total. The van der Waals surface area contributed by atoms with Gasteiger partial charge in [-0.05, 0) is 45.1 Å². The van der Waals surface area contributed by atoms with E-state index in [1.165, 1.54) is 5.56 Å². The summed E-state index contributed by atoms with van der Waals surface area (Å²) in [6.07, 6.45) is 0.143. The van der Waals surface area contributed by atoms with E-state index in [0.29, 0.717) is 10.8 Å². The van der Waals surface area contributed by atoms with Crippen molar-refractivity contribution in [3.63, 3.8) is 0 Å². The van der Waals surface area contributed by atoms with Crippen LogP contribution in [0, 0.1) is 0 Å². The predicted molar refractivity (Wildman–Crippen MR) is 102 cm³/mol. The highest BCUT2D eigenvalue weighted by Crippen LogP contribution is 2.24. The lowest BCUT2D eigenvalue weighted by atomic mass is 10.1. The molecule has 1 amide bonds. The average Bonchev–Trinajstić information content (AvgIpc) is 2.57. The van der Waals surface area contributed by atoms with Crippen molar-refractivity contribution in [2.75, 3.05) is 20.6 Å². The lowest BCUT2D eigenvalue weighted by molar-refractivity contribution is -0.128. The van der Waals surface area contributed by atoms with Gasteiger partial charge in [0.1, 0.15) is 5.75 Å². The summed E-state index contributed by atoms with van der Waals surface area (Å²) >= 11 is 6.09. The Bertz CT molecular complexity index is 676. The van der Waals surface area contributed by atoms with E-state index in [2.05, 4.69) is 22.3 Å². The fraction of sp³-hybridized carbons (Fsp3) is 0.350. The van der Waals surface area contributed by atoms with Crippen LogP contribution in [-0.4, -0.2) is 43.6 Å². The van der Waals surface area contributed by atoms with E-state index in [1.807, 2.05) is 44.4 Å². The first kappa shape index (κ1) is 19.3. The highest BCUT2D eigenvalue weighted by molar-refractivity contribution is 6.32. The van der Waals surface area contributed by atoms with Crippen LogP contribution in [0.25, 0.3) is 0 Å². The molecule has 0 heterocycles. The second kappa shape index (κ2) is 9.44. The number of para-hydroxylation sites is 1. The van der Waals surface area contributed by atoms with Gasteiger partial charge < -0.3 is 15.0 Å². The summed E-state index contributed by atoms with van der Waals surface area (Å²) in [5.74, 6) is 0.363. The number of nitrogens with zero attached hydrogens (tertiary/aromatic N) is 1. The number of carbonyl (C=O) groups excluding carboxylic acids is 1. The topological polar surface area (TPSA) is 41.6 Å². The Morgan fingerprint density at radius 3 is 2.40 bits per heavy atom. The maximum absolute atomic E-state index is 12.5.